The molecule has 0 aliphatic carbocycles. The van der Waals surface area contributed by atoms with Gasteiger partial charge in [0.25, 0.3) is 0 Å². The molecule has 0 spiro atoms. The molecule has 0 aliphatic rings. The van der Waals surface area contributed by atoms with Gasteiger partial charge in [0.05, 0.1) is 5.39 Å². The fourth-order valence-corrected chi connectivity index (χ4v) is 2.14. The van der Waals surface area contributed by atoms with E-state index in [-0.39, 0.29) is 5.75 Å². The van der Waals surface area contributed by atoms with Crippen molar-refractivity contribution in [3.8, 4) is 11.5 Å². The van der Waals surface area contributed by atoms with Gasteiger partial charge in [-0.1, -0.05) is 35.9 Å². The lowest BCUT2D eigenvalue weighted by Gasteiger charge is -2.10. The second kappa shape index (κ2) is 4.86. The molecule has 0 saturated carbocycles. The van der Waals surface area contributed by atoms with Crippen LogP contribution in [0.15, 0.2) is 54.7 Å². The zero-order valence-corrected chi connectivity index (χ0v) is 10.6. The van der Waals surface area contributed by atoms with E-state index in [1.165, 1.54) is 6.07 Å². The summed E-state index contributed by atoms with van der Waals surface area (Å²) in [4.78, 5) is 4.02. The molecule has 0 fully saturated rings. The van der Waals surface area contributed by atoms with Crippen molar-refractivity contribution in [3.05, 3.63) is 65.7 Å². The summed E-state index contributed by atoms with van der Waals surface area (Å²) in [6.45, 7) is 0. The average molecular weight is 274 g/mol. The summed E-state index contributed by atoms with van der Waals surface area (Å²) in [5.41, 5.74) is 0. The topological polar surface area (TPSA) is 22.1 Å². The van der Waals surface area contributed by atoms with Crippen molar-refractivity contribution in [1.29, 1.82) is 0 Å². The third kappa shape index (κ3) is 2.25. The van der Waals surface area contributed by atoms with Gasteiger partial charge in [-0.25, -0.2) is 9.37 Å². The van der Waals surface area contributed by atoms with Crippen LogP contribution in [0.4, 0.5) is 4.39 Å². The molecule has 4 heteroatoms. The summed E-state index contributed by atoms with van der Waals surface area (Å²) in [7, 11) is 0. The predicted octanol–water partition coefficient (Wildman–Crippen LogP) is 4.82. The quantitative estimate of drug-likeness (QED) is 0.625. The van der Waals surface area contributed by atoms with E-state index in [9.17, 15) is 4.39 Å². The fourth-order valence-electron chi connectivity index (χ4n) is 1.89. The van der Waals surface area contributed by atoms with Crippen LogP contribution >= 0.6 is 11.6 Å². The first-order valence-electron chi connectivity index (χ1n) is 5.71. The lowest BCUT2D eigenvalue weighted by atomic mass is 10.1. The maximum atomic E-state index is 13.6. The van der Waals surface area contributed by atoms with Gasteiger partial charge < -0.3 is 4.74 Å². The third-order valence-electron chi connectivity index (χ3n) is 2.76. The summed E-state index contributed by atoms with van der Waals surface area (Å²) in [5, 5.41) is 1.91. The van der Waals surface area contributed by atoms with E-state index in [1.54, 1.807) is 30.5 Å². The van der Waals surface area contributed by atoms with Crippen molar-refractivity contribution in [2.45, 2.75) is 0 Å². The Kier molecular flexibility index (Phi) is 3.05. The first kappa shape index (κ1) is 11.9. The van der Waals surface area contributed by atoms with Crippen LogP contribution in [-0.2, 0) is 0 Å². The number of para-hydroxylation sites is 1. The molecule has 0 unspecified atom stereocenters. The lowest BCUT2D eigenvalue weighted by Crippen LogP contribution is -1.90. The lowest BCUT2D eigenvalue weighted by molar-refractivity contribution is 0.446. The maximum absolute atomic E-state index is 13.6. The molecule has 0 bridgehead atoms. The zero-order chi connectivity index (χ0) is 13.2. The Morgan fingerprint density at radius 2 is 1.74 bits per heavy atom. The number of halogens is 2. The first-order chi connectivity index (χ1) is 9.25. The summed E-state index contributed by atoms with van der Waals surface area (Å²) < 4.78 is 19.2. The molecular formula is C15H9ClFNO. The van der Waals surface area contributed by atoms with E-state index in [0.717, 1.165) is 5.39 Å². The summed E-state index contributed by atoms with van der Waals surface area (Å²) >= 11 is 6.08. The van der Waals surface area contributed by atoms with E-state index in [0.29, 0.717) is 16.3 Å². The normalized spacial score (nSPS) is 10.6. The standard InChI is InChI=1S/C15H9ClFNO/c16-15-14-10(8-9-18-15)4-3-7-13(14)19-12-6-2-1-5-11(12)17/h1-9H. The van der Waals surface area contributed by atoms with Gasteiger partial charge in [0.15, 0.2) is 11.6 Å². The first-order valence-corrected chi connectivity index (χ1v) is 6.09. The zero-order valence-electron chi connectivity index (χ0n) is 9.81. The molecule has 2 aromatic carbocycles. The Labute approximate surface area is 114 Å². The number of nitrogens with zero attached hydrogens (tertiary/aromatic N) is 1. The molecule has 0 atom stereocenters. The number of rotatable bonds is 2. The van der Waals surface area contributed by atoms with Gasteiger partial charge >= 0.3 is 0 Å². The third-order valence-corrected chi connectivity index (χ3v) is 3.05. The second-order valence-electron chi connectivity index (χ2n) is 3.99. The number of benzene rings is 2. The molecule has 3 aromatic rings. The van der Waals surface area contributed by atoms with Crippen molar-refractivity contribution in [3.63, 3.8) is 0 Å². The molecule has 1 aromatic heterocycles. The van der Waals surface area contributed by atoms with Gasteiger partial charge in [-0.2, -0.15) is 0 Å². The molecule has 94 valence electrons. The van der Waals surface area contributed by atoms with Crippen LogP contribution in [0.2, 0.25) is 5.15 Å². The number of fused-ring (bicyclic) bond motifs is 1. The largest absolute Gasteiger partial charge is 0.454 e. The molecule has 19 heavy (non-hydrogen) atoms. The van der Waals surface area contributed by atoms with E-state index < -0.39 is 5.82 Å². The van der Waals surface area contributed by atoms with E-state index >= 15 is 0 Å². The number of hydrogen-bond donors (Lipinski definition) is 0. The fraction of sp³-hybridized carbons (Fsp3) is 0. The van der Waals surface area contributed by atoms with Gasteiger partial charge in [0, 0.05) is 6.20 Å². The molecule has 0 amide bonds. The molecule has 0 N–H and O–H groups in total. The van der Waals surface area contributed by atoms with Crippen LogP contribution in [0.25, 0.3) is 10.8 Å². The number of hydrogen-bond acceptors (Lipinski definition) is 2. The predicted molar refractivity (Wildman–Crippen MR) is 73.2 cm³/mol. The molecule has 0 radical (unpaired) electrons. The minimum atomic E-state index is -0.417. The Bertz CT molecular complexity index is 740. The summed E-state index contributed by atoms with van der Waals surface area (Å²) in [6, 6.07) is 13.5. The van der Waals surface area contributed by atoms with Crippen molar-refractivity contribution in [2.24, 2.45) is 0 Å². The molecular weight excluding hydrogens is 265 g/mol. The highest BCUT2D eigenvalue weighted by Crippen LogP contribution is 2.34. The van der Waals surface area contributed by atoms with Crippen molar-refractivity contribution in [1.82, 2.24) is 4.98 Å². The molecule has 2 nitrogen and oxygen atoms in total. The Morgan fingerprint density at radius 3 is 2.58 bits per heavy atom. The van der Waals surface area contributed by atoms with Gasteiger partial charge in [0.1, 0.15) is 10.9 Å². The number of ether oxygens (including phenoxy) is 1. The highest BCUT2D eigenvalue weighted by atomic mass is 35.5. The highest BCUT2D eigenvalue weighted by molar-refractivity contribution is 6.34. The van der Waals surface area contributed by atoms with Gasteiger partial charge in [-0.05, 0) is 29.7 Å². The van der Waals surface area contributed by atoms with Crippen molar-refractivity contribution >= 4 is 22.4 Å². The molecule has 3 rings (SSSR count). The highest BCUT2D eigenvalue weighted by Gasteiger charge is 2.10. The van der Waals surface area contributed by atoms with E-state index in [4.69, 9.17) is 16.3 Å². The van der Waals surface area contributed by atoms with Crippen LogP contribution in [0.1, 0.15) is 0 Å². The minimum absolute atomic E-state index is 0.162. The van der Waals surface area contributed by atoms with E-state index in [1.807, 2.05) is 18.2 Å². The number of pyridine rings is 1. The maximum Gasteiger partial charge on any atom is 0.165 e. The van der Waals surface area contributed by atoms with Crippen molar-refractivity contribution in [2.75, 3.05) is 0 Å². The molecule has 1 heterocycles. The summed E-state index contributed by atoms with van der Waals surface area (Å²) in [6.07, 6.45) is 1.62. The van der Waals surface area contributed by atoms with Gasteiger partial charge in [0.2, 0.25) is 0 Å². The number of aromatic nitrogens is 1. The van der Waals surface area contributed by atoms with Crippen LogP contribution in [0.5, 0.6) is 11.5 Å². The van der Waals surface area contributed by atoms with Crippen LogP contribution in [0.3, 0.4) is 0 Å². The summed E-state index contributed by atoms with van der Waals surface area (Å²) in [5.74, 6) is 0.232. The second-order valence-corrected chi connectivity index (χ2v) is 4.35. The molecule has 0 aliphatic heterocycles. The molecule has 0 saturated heterocycles. The average Bonchev–Trinajstić information content (AvgIpc) is 2.42. The monoisotopic (exact) mass is 273 g/mol. The van der Waals surface area contributed by atoms with Crippen molar-refractivity contribution < 1.29 is 9.13 Å². The SMILES string of the molecule is Fc1ccccc1Oc1cccc2ccnc(Cl)c12. The van der Waals surface area contributed by atoms with Crippen LogP contribution in [0, 0.1) is 5.82 Å². The smallest absolute Gasteiger partial charge is 0.165 e. The Morgan fingerprint density at radius 1 is 0.947 bits per heavy atom. The van der Waals surface area contributed by atoms with E-state index in [2.05, 4.69) is 4.98 Å². The minimum Gasteiger partial charge on any atom is -0.454 e. The Balaban J connectivity index is 2.14. The van der Waals surface area contributed by atoms with Crippen LogP contribution in [-0.4, -0.2) is 4.98 Å². The van der Waals surface area contributed by atoms with Gasteiger partial charge in [-0.15, -0.1) is 0 Å². The Hall–Kier alpha value is -2.13. The van der Waals surface area contributed by atoms with Gasteiger partial charge in [-0.3, -0.25) is 0 Å². The van der Waals surface area contributed by atoms with Crippen LogP contribution < -0.4 is 4.74 Å².